The van der Waals surface area contributed by atoms with Crippen molar-refractivity contribution in [2.24, 2.45) is 11.7 Å². The number of ketones is 1. The zero-order valence-electron chi connectivity index (χ0n) is 6.05. The lowest BCUT2D eigenvalue weighted by Crippen LogP contribution is -2.46. The average Bonchev–Trinajstić information content (AvgIpc) is 2.66. The first-order chi connectivity index (χ1) is 4.59. The van der Waals surface area contributed by atoms with Gasteiger partial charge in [0.25, 0.3) is 0 Å². The molecule has 0 spiro atoms. The minimum Gasteiger partial charge on any atom is -0.318 e. The maximum absolute atomic E-state index is 11.0. The molecule has 0 aromatic carbocycles. The molecule has 0 saturated heterocycles. The molecule has 1 atom stereocenters. The standard InChI is InChI=1S/C8H11NO/c1-3-7(10)8(2,9)6-4-5-6/h1,6H,4-5,9H2,2H3. The average molecular weight is 137 g/mol. The van der Waals surface area contributed by atoms with Crippen molar-refractivity contribution in [1.29, 1.82) is 0 Å². The second-order valence-corrected chi connectivity index (χ2v) is 3.03. The first-order valence-electron chi connectivity index (χ1n) is 3.39. The van der Waals surface area contributed by atoms with Gasteiger partial charge in [-0.25, -0.2) is 0 Å². The Morgan fingerprint density at radius 3 is 2.60 bits per heavy atom. The molecule has 0 amide bonds. The SMILES string of the molecule is C#CC(=O)C(C)(N)C1CC1. The summed E-state index contributed by atoms with van der Waals surface area (Å²) in [6.45, 7) is 1.72. The smallest absolute Gasteiger partial charge is 0.224 e. The summed E-state index contributed by atoms with van der Waals surface area (Å²) in [6.07, 6.45) is 7.03. The monoisotopic (exact) mass is 137 g/mol. The van der Waals surface area contributed by atoms with Gasteiger partial charge in [-0.2, -0.15) is 0 Å². The number of carbonyl (C=O) groups is 1. The third-order valence-corrected chi connectivity index (χ3v) is 2.05. The molecule has 2 nitrogen and oxygen atoms in total. The number of rotatable bonds is 2. The minimum atomic E-state index is -0.755. The molecule has 0 aromatic heterocycles. The van der Waals surface area contributed by atoms with Gasteiger partial charge in [-0.3, -0.25) is 4.79 Å². The van der Waals surface area contributed by atoms with E-state index in [9.17, 15) is 4.79 Å². The number of hydrogen-bond donors (Lipinski definition) is 1. The Bertz CT molecular complexity index is 196. The molecule has 1 aliphatic rings. The molecule has 1 aliphatic carbocycles. The summed E-state index contributed by atoms with van der Waals surface area (Å²) >= 11 is 0. The van der Waals surface area contributed by atoms with Crippen LogP contribution in [0.15, 0.2) is 0 Å². The minimum absolute atomic E-state index is 0.269. The summed E-state index contributed by atoms with van der Waals surface area (Å²) in [5.74, 6) is 2.12. The summed E-state index contributed by atoms with van der Waals surface area (Å²) < 4.78 is 0. The Hall–Kier alpha value is -0.810. The van der Waals surface area contributed by atoms with Gasteiger partial charge >= 0.3 is 0 Å². The third-order valence-electron chi connectivity index (χ3n) is 2.05. The molecule has 1 unspecified atom stereocenters. The Morgan fingerprint density at radius 2 is 2.30 bits per heavy atom. The molecule has 0 radical (unpaired) electrons. The number of hydrogen-bond acceptors (Lipinski definition) is 2. The van der Waals surface area contributed by atoms with E-state index in [1.165, 1.54) is 0 Å². The summed E-state index contributed by atoms with van der Waals surface area (Å²) in [7, 11) is 0. The molecule has 0 heterocycles. The lowest BCUT2D eigenvalue weighted by Gasteiger charge is -2.18. The maximum atomic E-state index is 11.0. The Balaban J connectivity index is 2.68. The summed E-state index contributed by atoms with van der Waals surface area (Å²) in [4.78, 5) is 11.0. The van der Waals surface area contributed by atoms with E-state index in [2.05, 4.69) is 5.92 Å². The van der Waals surface area contributed by atoms with E-state index in [1.807, 2.05) is 0 Å². The van der Waals surface area contributed by atoms with Gasteiger partial charge in [0, 0.05) is 0 Å². The van der Waals surface area contributed by atoms with Crippen molar-refractivity contribution < 1.29 is 4.79 Å². The summed E-state index contributed by atoms with van der Waals surface area (Å²) in [6, 6.07) is 0. The van der Waals surface area contributed by atoms with Crippen molar-refractivity contribution in [1.82, 2.24) is 0 Å². The van der Waals surface area contributed by atoms with Crippen molar-refractivity contribution in [2.75, 3.05) is 0 Å². The van der Waals surface area contributed by atoms with Gasteiger partial charge in [-0.15, -0.1) is 6.42 Å². The zero-order valence-corrected chi connectivity index (χ0v) is 6.05. The number of terminal acetylenes is 1. The second kappa shape index (κ2) is 2.10. The zero-order chi connectivity index (χ0) is 7.78. The van der Waals surface area contributed by atoms with E-state index in [-0.39, 0.29) is 5.78 Å². The van der Waals surface area contributed by atoms with Crippen LogP contribution in [0, 0.1) is 18.3 Å². The predicted octanol–water partition coefficient (Wildman–Crippen LogP) is 0.316. The molecule has 1 saturated carbocycles. The van der Waals surface area contributed by atoms with E-state index in [4.69, 9.17) is 12.2 Å². The fourth-order valence-corrected chi connectivity index (χ4v) is 1.02. The molecule has 10 heavy (non-hydrogen) atoms. The van der Waals surface area contributed by atoms with Gasteiger partial charge in [0.15, 0.2) is 0 Å². The van der Waals surface area contributed by atoms with Crippen LogP contribution in [0.2, 0.25) is 0 Å². The van der Waals surface area contributed by atoms with Crippen LogP contribution < -0.4 is 5.73 Å². The number of Topliss-reactive ketones (excluding diaryl/α,β-unsaturated/α-hetero) is 1. The highest BCUT2D eigenvalue weighted by molar-refractivity contribution is 6.02. The highest BCUT2D eigenvalue weighted by Crippen LogP contribution is 2.38. The molecular formula is C8H11NO. The first kappa shape index (κ1) is 7.30. The highest BCUT2D eigenvalue weighted by atomic mass is 16.1. The fourth-order valence-electron chi connectivity index (χ4n) is 1.02. The molecule has 0 bridgehead atoms. The quantitative estimate of drug-likeness (QED) is 0.440. The molecule has 2 N–H and O–H groups in total. The van der Waals surface area contributed by atoms with E-state index in [0.717, 1.165) is 12.8 Å². The molecule has 0 aliphatic heterocycles. The lowest BCUT2D eigenvalue weighted by atomic mass is 9.92. The van der Waals surface area contributed by atoms with Gasteiger partial charge in [0.05, 0.1) is 5.54 Å². The van der Waals surface area contributed by atoms with E-state index >= 15 is 0 Å². The largest absolute Gasteiger partial charge is 0.318 e. The number of carbonyl (C=O) groups excluding carboxylic acids is 1. The second-order valence-electron chi connectivity index (χ2n) is 3.03. The van der Waals surface area contributed by atoms with Gasteiger partial charge in [-0.1, -0.05) is 0 Å². The Labute approximate surface area is 60.8 Å². The number of nitrogens with two attached hydrogens (primary N) is 1. The molecule has 54 valence electrons. The highest BCUT2D eigenvalue weighted by Gasteiger charge is 2.43. The van der Waals surface area contributed by atoms with E-state index in [0.29, 0.717) is 5.92 Å². The van der Waals surface area contributed by atoms with Crippen LogP contribution in [0.5, 0.6) is 0 Å². The van der Waals surface area contributed by atoms with Crippen LogP contribution in [-0.4, -0.2) is 11.3 Å². The van der Waals surface area contributed by atoms with Gasteiger partial charge in [0.1, 0.15) is 0 Å². The van der Waals surface area contributed by atoms with Crippen LogP contribution in [-0.2, 0) is 4.79 Å². The van der Waals surface area contributed by atoms with E-state index < -0.39 is 5.54 Å². The van der Waals surface area contributed by atoms with Crippen LogP contribution in [0.3, 0.4) is 0 Å². The van der Waals surface area contributed by atoms with Crippen molar-refractivity contribution in [3.05, 3.63) is 0 Å². The maximum Gasteiger partial charge on any atom is 0.224 e. The van der Waals surface area contributed by atoms with Crippen LogP contribution in [0.25, 0.3) is 0 Å². The predicted molar refractivity (Wildman–Crippen MR) is 39.2 cm³/mol. The topological polar surface area (TPSA) is 43.1 Å². The fraction of sp³-hybridized carbons (Fsp3) is 0.625. The molecule has 1 fully saturated rings. The summed E-state index contributed by atoms with van der Waals surface area (Å²) in [5.41, 5.74) is 4.93. The van der Waals surface area contributed by atoms with Crippen molar-refractivity contribution in [3.8, 4) is 12.3 Å². The van der Waals surface area contributed by atoms with Crippen molar-refractivity contribution >= 4 is 5.78 Å². The van der Waals surface area contributed by atoms with Crippen molar-refractivity contribution in [2.45, 2.75) is 25.3 Å². The normalized spacial score (nSPS) is 22.9. The molecule has 0 aromatic rings. The summed E-state index contributed by atoms with van der Waals surface area (Å²) in [5, 5.41) is 0. The van der Waals surface area contributed by atoms with Crippen LogP contribution in [0.1, 0.15) is 19.8 Å². The van der Waals surface area contributed by atoms with Gasteiger partial charge < -0.3 is 5.73 Å². The molecule has 2 heteroatoms. The van der Waals surface area contributed by atoms with E-state index in [1.54, 1.807) is 6.92 Å². The van der Waals surface area contributed by atoms with Gasteiger partial charge in [0.2, 0.25) is 5.78 Å². The molecule has 1 rings (SSSR count). The third kappa shape index (κ3) is 1.05. The van der Waals surface area contributed by atoms with Crippen molar-refractivity contribution in [3.63, 3.8) is 0 Å². The Kier molecular flexibility index (Phi) is 1.53. The van der Waals surface area contributed by atoms with Crippen LogP contribution >= 0.6 is 0 Å². The lowest BCUT2D eigenvalue weighted by molar-refractivity contribution is -0.118. The van der Waals surface area contributed by atoms with Gasteiger partial charge in [-0.05, 0) is 31.6 Å². The first-order valence-corrected chi connectivity index (χ1v) is 3.39. The van der Waals surface area contributed by atoms with Crippen LogP contribution in [0.4, 0.5) is 0 Å². The Morgan fingerprint density at radius 1 is 1.80 bits per heavy atom. The molecular weight excluding hydrogens is 126 g/mol.